The van der Waals surface area contributed by atoms with E-state index in [1.54, 1.807) is 32.2 Å². The first-order valence-electron chi connectivity index (χ1n) is 7.61. The summed E-state index contributed by atoms with van der Waals surface area (Å²) in [5.41, 5.74) is 2.94. The second kappa shape index (κ2) is 7.82. The molecule has 2 N–H and O–H groups in total. The number of nitrogens with zero attached hydrogens (tertiary/aromatic N) is 3. The van der Waals surface area contributed by atoms with Crippen LogP contribution in [0.4, 0.5) is 0 Å². The van der Waals surface area contributed by atoms with Gasteiger partial charge in [0.15, 0.2) is 5.11 Å². The van der Waals surface area contributed by atoms with E-state index >= 15 is 0 Å². The number of carbonyl (C=O) groups is 3. The fourth-order valence-corrected chi connectivity index (χ4v) is 2.75. The van der Waals surface area contributed by atoms with Crippen LogP contribution in [0.15, 0.2) is 24.5 Å². The Morgan fingerprint density at radius 2 is 2.12 bits per heavy atom. The normalized spacial score (nSPS) is 17.2. The van der Waals surface area contributed by atoms with Gasteiger partial charge >= 0.3 is 0 Å². The summed E-state index contributed by atoms with van der Waals surface area (Å²) in [5, 5.41) is 4.10. The van der Waals surface area contributed by atoms with Crippen molar-refractivity contribution in [2.45, 2.75) is 26.3 Å². The van der Waals surface area contributed by atoms with Crippen LogP contribution in [-0.4, -0.2) is 56.9 Å². The molecule has 8 nitrogen and oxygen atoms in total. The lowest BCUT2D eigenvalue weighted by Gasteiger charge is -2.24. The summed E-state index contributed by atoms with van der Waals surface area (Å²) in [6, 6.07) is 2.37. The van der Waals surface area contributed by atoms with E-state index in [2.05, 4.69) is 15.7 Å². The van der Waals surface area contributed by atoms with Crippen molar-refractivity contribution >= 4 is 35.1 Å². The van der Waals surface area contributed by atoms with Crippen LogP contribution in [0.3, 0.4) is 0 Å². The van der Waals surface area contributed by atoms with Crippen LogP contribution in [0.25, 0.3) is 0 Å². The van der Waals surface area contributed by atoms with Gasteiger partial charge in [-0.3, -0.25) is 29.7 Å². The molecule has 0 radical (unpaired) electrons. The van der Waals surface area contributed by atoms with Crippen molar-refractivity contribution in [3.8, 4) is 0 Å². The highest BCUT2D eigenvalue weighted by Crippen LogP contribution is 2.19. The van der Waals surface area contributed by atoms with Crippen LogP contribution in [0.1, 0.15) is 30.6 Å². The molecule has 0 aromatic carbocycles. The van der Waals surface area contributed by atoms with Crippen LogP contribution in [0, 0.1) is 0 Å². The van der Waals surface area contributed by atoms with Crippen LogP contribution >= 0.6 is 12.2 Å². The third kappa shape index (κ3) is 3.67. The van der Waals surface area contributed by atoms with Crippen LogP contribution in [0.5, 0.6) is 0 Å². The maximum atomic E-state index is 12.5. The molecule has 9 heteroatoms. The zero-order valence-corrected chi connectivity index (χ0v) is 14.3. The Labute approximate surface area is 145 Å². The molecule has 1 fully saturated rings. The van der Waals surface area contributed by atoms with E-state index in [1.807, 2.05) is 0 Å². The largest absolute Gasteiger partial charge is 0.356 e. The Morgan fingerprint density at radius 3 is 2.71 bits per heavy atom. The van der Waals surface area contributed by atoms with Gasteiger partial charge < -0.3 is 5.32 Å². The minimum atomic E-state index is -0.857. The molecule has 1 atom stereocenters. The summed E-state index contributed by atoms with van der Waals surface area (Å²) in [6.07, 6.45) is 2.88. The third-order valence-electron chi connectivity index (χ3n) is 3.51. The lowest BCUT2D eigenvalue weighted by Crippen LogP contribution is -2.50. The number of hydrogen-bond donors (Lipinski definition) is 2. The molecule has 128 valence electrons. The van der Waals surface area contributed by atoms with Gasteiger partial charge in [-0.25, -0.2) is 5.01 Å². The first kappa shape index (κ1) is 17.8. The van der Waals surface area contributed by atoms with Crippen molar-refractivity contribution in [3.05, 3.63) is 30.1 Å². The molecule has 0 spiro atoms. The Balaban J connectivity index is 2.19. The number of likely N-dealkylation sites (N-methyl/N-ethyl adjacent to an activating group) is 1. The summed E-state index contributed by atoms with van der Waals surface area (Å²) in [5.74, 6) is -1.03. The Kier molecular flexibility index (Phi) is 5.80. The molecule has 1 aliphatic heterocycles. The number of nitrogens with one attached hydrogen (secondary N) is 2. The van der Waals surface area contributed by atoms with Crippen molar-refractivity contribution in [3.63, 3.8) is 0 Å². The quantitative estimate of drug-likeness (QED) is 0.706. The molecule has 1 aromatic heterocycles. The fourth-order valence-electron chi connectivity index (χ4n) is 2.36. The zero-order chi connectivity index (χ0) is 17.7. The van der Waals surface area contributed by atoms with E-state index in [9.17, 15) is 14.4 Å². The molecule has 2 heterocycles. The molecular weight excluding hydrogens is 330 g/mol. The molecule has 0 bridgehead atoms. The first-order valence-corrected chi connectivity index (χ1v) is 8.02. The van der Waals surface area contributed by atoms with Crippen LogP contribution < -0.4 is 10.7 Å². The monoisotopic (exact) mass is 349 g/mol. The maximum Gasteiger partial charge on any atom is 0.271 e. The average Bonchev–Trinajstić information content (AvgIpc) is 2.79. The number of aromatic nitrogens is 1. The van der Waals surface area contributed by atoms with E-state index in [0.29, 0.717) is 18.7 Å². The molecule has 3 amide bonds. The van der Waals surface area contributed by atoms with Gasteiger partial charge in [-0.05, 0) is 38.2 Å². The molecule has 24 heavy (non-hydrogen) atoms. The SMILES string of the molecule is CCNC(=O)C[C@H]1C(=O)N(CC)C(=S)N1NC(=O)c1cccnc1. The number of rotatable bonds is 6. The fraction of sp³-hybridized carbons (Fsp3) is 0.400. The average molecular weight is 349 g/mol. The minimum absolute atomic E-state index is 0.0867. The molecule has 1 aromatic rings. The van der Waals surface area contributed by atoms with Gasteiger partial charge in [-0.1, -0.05) is 0 Å². The van der Waals surface area contributed by atoms with Crippen LogP contribution in [-0.2, 0) is 9.59 Å². The van der Waals surface area contributed by atoms with Gasteiger partial charge in [-0.15, -0.1) is 0 Å². The summed E-state index contributed by atoms with van der Waals surface area (Å²) in [6.45, 7) is 4.39. The summed E-state index contributed by atoms with van der Waals surface area (Å²) < 4.78 is 0. The summed E-state index contributed by atoms with van der Waals surface area (Å²) in [4.78, 5) is 41.9. The van der Waals surface area contributed by atoms with Crippen LogP contribution in [0.2, 0.25) is 0 Å². The maximum absolute atomic E-state index is 12.5. The lowest BCUT2D eigenvalue weighted by atomic mass is 10.2. The molecule has 2 rings (SSSR count). The topological polar surface area (TPSA) is 94.6 Å². The molecule has 0 unspecified atom stereocenters. The predicted octanol–water partition coefficient (Wildman–Crippen LogP) is 0.0702. The first-order chi connectivity index (χ1) is 11.5. The zero-order valence-electron chi connectivity index (χ0n) is 13.5. The van der Waals surface area contributed by atoms with Gasteiger partial charge in [0.25, 0.3) is 11.8 Å². The van der Waals surface area contributed by atoms with Gasteiger partial charge in [-0.2, -0.15) is 0 Å². The van der Waals surface area contributed by atoms with E-state index in [0.717, 1.165) is 0 Å². The Bertz CT molecular complexity index is 652. The Hall–Kier alpha value is -2.55. The van der Waals surface area contributed by atoms with Crippen molar-refractivity contribution < 1.29 is 14.4 Å². The molecule has 1 aliphatic rings. The minimum Gasteiger partial charge on any atom is -0.356 e. The van der Waals surface area contributed by atoms with Gasteiger partial charge in [0.1, 0.15) is 6.04 Å². The smallest absolute Gasteiger partial charge is 0.271 e. The third-order valence-corrected chi connectivity index (χ3v) is 3.93. The number of hydrogen-bond acceptors (Lipinski definition) is 5. The van der Waals surface area contributed by atoms with E-state index in [1.165, 1.54) is 16.1 Å². The van der Waals surface area contributed by atoms with E-state index in [4.69, 9.17) is 12.2 Å². The van der Waals surface area contributed by atoms with Gasteiger partial charge in [0.2, 0.25) is 5.91 Å². The van der Waals surface area contributed by atoms with Crippen molar-refractivity contribution in [2.24, 2.45) is 0 Å². The highest BCUT2D eigenvalue weighted by Gasteiger charge is 2.43. The summed E-state index contributed by atoms with van der Waals surface area (Å²) >= 11 is 5.27. The second-order valence-electron chi connectivity index (χ2n) is 5.09. The number of thiocarbonyl (C=S) groups is 1. The molecule has 0 saturated carbocycles. The lowest BCUT2D eigenvalue weighted by molar-refractivity contribution is -0.132. The molecule has 1 saturated heterocycles. The van der Waals surface area contributed by atoms with Crippen molar-refractivity contribution in [2.75, 3.05) is 13.1 Å². The highest BCUT2D eigenvalue weighted by molar-refractivity contribution is 7.80. The number of carbonyl (C=O) groups excluding carboxylic acids is 3. The number of pyridine rings is 1. The summed E-state index contributed by atoms with van der Waals surface area (Å²) in [7, 11) is 0. The predicted molar refractivity (Wildman–Crippen MR) is 90.6 cm³/mol. The van der Waals surface area contributed by atoms with Crippen molar-refractivity contribution in [1.29, 1.82) is 0 Å². The molecule has 0 aliphatic carbocycles. The molecular formula is C15H19N5O3S. The Morgan fingerprint density at radius 1 is 1.38 bits per heavy atom. The van der Waals surface area contributed by atoms with Gasteiger partial charge in [0.05, 0.1) is 12.0 Å². The van der Waals surface area contributed by atoms with Gasteiger partial charge in [0, 0.05) is 25.5 Å². The number of hydrazine groups is 1. The highest BCUT2D eigenvalue weighted by atomic mass is 32.1. The number of amides is 3. The standard InChI is InChI=1S/C15H19N5O3S/c1-3-17-12(21)8-11-14(23)19(4-2)15(24)20(11)18-13(22)10-6-5-7-16-9-10/h5-7,9,11H,3-4,8H2,1-2H3,(H,17,21)(H,18,22)/t11-/m0/s1. The van der Waals surface area contributed by atoms with Crippen molar-refractivity contribution in [1.82, 2.24) is 25.6 Å². The second-order valence-corrected chi connectivity index (χ2v) is 5.46. The van der Waals surface area contributed by atoms with E-state index < -0.39 is 11.9 Å². The van der Waals surface area contributed by atoms with E-state index in [-0.39, 0.29) is 23.3 Å².